The molecule has 0 radical (unpaired) electrons. The second-order valence-corrected chi connectivity index (χ2v) is 6.38. The van der Waals surface area contributed by atoms with Crippen molar-refractivity contribution in [3.8, 4) is 0 Å². The van der Waals surface area contributed by atoms with Crippen molar-refractivity contribution in [1.29, 1.82) is 0 Å². The van der Waals surface area contributed by atoms with E-state index in [1.54, 1.807) is 6.92 Å². The zero-order valence-electron chi connectivity index (χ0n) is 14.9. The van der Waals surface area contributed by atoms with E-state index in [2.05, 4.69) is 5.32 Å². The molecule has 1 unspecified atom stereocenters. The average molecular weight is 356 g/mol. The minimum absolute atomic E-state index is 0.145. The van der Waals surface area contributed by atoms with Crippen LogP contribution >= 0.6 is 0 Å². The lowest BCUT2D eigenvalue weighted by Crippen LogP contribution is -2.53. The van der Waals surface area contributed by atoms with Gasteiger partial charge >= 0.3 is 0 Å². The van der Waals surface area contributed by atoms with Gasteiger partial charge in [0.2, 0.25) is 5.91 Å². The van der Waals surface area contributed by atoms with Gasteiger partial charge in [-0.1, -0.05) is 42.5 Å². The number of hydrogen-bond donors (Lipinski definition) is 1. The maximum atomic E-state index is 14.8. The molecule has 0 aliphatic carbocycles. The van der Waals surface area contributed by atoms with Gasteiger partial charge in [0, 0.05) is 18.7 Å². The lowest BCUT2D eigenvalue weighted by Gasteiger charge is -2.42. The molecule has 0 spiro atoms. The first-order valence-electron chi connectivity index (χ1n) is 8.74. The Morgan fingerprint density at radius 3 is 2.65 bits per heavy atom. The minimum atomic E-state index is -1.04. The first kappa shape index (κ1) is 18.3. The van der Waals surface area contributed by atoms with Crippen molar-refractivity contribution in [2.75, 3.05) is 13.1 Å². The smallest absolute Gasteiger partial charge is 0.237 e. The molecule has 5 heteroatoms. The third-order valence-corrected chi connectivity index (χ3v) is 4.87. The van der Waals surface area contributed by atoms with Crippen LogP contribution in [0.4, 0.5) is 8.78 Å². The summed E-state index contributed by atoms with van der Waals surface area (Å²) in [5.74, 6) is -1.16. The van der Waals surface area contributed by atoms with Crippen LogP contribution in [0.1, 0.15) is 25.0 Å². The summed E-state index contributed by atoms with van der Waals surface area (Å²) in [4.78, 5) is 14.4. The molecule has 0 fully saturated rings. The Hall–Kier alpha value is -2.53. The molecule has 1 aliphatic rings. The van der Waals surface area contributed by atoms with Crippen LogP contribution in [0.5, 0.6) is 0 Å². The highest BCUT2D eigenvalue weighted by atomic mass is 19.1. The van der Waals surface area contributed by atoms with Crippen LogP contribution in [0, 0.1) is 11.6 Å². The summed E-state index contributed by atoms with van der Waals surface area (Å²) in [5.41, 5.74) is -0.0548. The van der Waals surface area contributed by atoms with E-state index in [4.69, 9.17) is 0 Å². The van der Waals surface area contributed by atoms with Gasteiger partial charge < -0.3 is 5.32 Å². The van der Waals surface area contributed by atoms with E-state index in [0.29, 0.717) is 13.1 Å². The Kier molecular flexibility index (Phi) is 5.18. The number of amides is 1. The molecule has 136 valence electrons. The van der Waals surface area contributed by atoms with Gasteiger partial charge in [-0.15, -0.1) is 0 Å². The van der Waals surface area contributed by atoms with Gasteiger partial charge in [0.05, 0.1) is 11.6 Å². The zero-order valence-corrected chi connectivity index (χ0v) is 14.9. The first-order valence-corrected chi connectivity index (χ1v) is 8.74. The Morgan fingerprint density at radius 2 is 1.96 bits per heavy atom. The number of hydrogen-bond acceptors (Lipinski definition) is 2. The highest BCUT2D eigenvalue weighted by molar-refractivity contribution is 5.81. The number of nitrogens with zero attached hydrogens (tertiary/aromatic N) is 1. The van der Waals surface area contributed by atoms with E-state index >= 15 is 0 Å². The molecule has 1 aliphatic heterocycles. The SMILES string of the molecule is CCNC(=O)C(C)N1CC=C[C@]1(c1ccccc1)c1cc(F)ccc1F. The van der Waals surface area contributed by atoms with E-state index < -0.39 is 23.2 Å². The van der Waals surface area contributed by atoms with E-state index in [-0.39, 0.29) is 11.5 Å². The van der Waals surface area contributed by atoms with Crippen molar-refractivity contribution >= 4 is 5.91 Å². The zero-order chi connectivity index (χ0) is 18.7. The summed E-state index contributed by atoms with van der Waals surface area (Å²) < 4.78 is 28.8. The molecule has 2 aromatic rings. The monoisotopic (exact) mass is 356 g/mol. The second-order valence-electron chi connectivity index (χ2n) is 6.38. The summed E-state index contributed by atoms with van der Waals surface area (Å²) in [7, 11) is 0. The lowest BCUT2D eigenvalue weighted by atomic mass is 9.81. The van der Waals surface area contributed by atoms with E-state index in [1.165, 1.54) is 6.07 Å². The molecule has 1 N–H and O–H groups in total. The Bertz CT molecular complexity index is 822. The van der Waals surface area contributed by atoms with Crippen molar-refractivity contribution < 1.29 is 13.6 Å². The summed E-state index contributed by atoms with van der Waals surface area (Å²) in [5, 5.41) is 2.81. The summed E-state index contributed by atoms with van der Waals surface area (Å²) in [6.45, 7) is 4.61. The summed E-state index contributed by atoms with van der Waals surface area (Å²) in [6, 6.07) is 12.3. The molecule has 0 bridgehead atoms. The van der Waals surface area contributed by atoms with Gasteiger partial charge in [0.25, 0.3) is 0 Å². The molecular formula is C21H22F2N2O. The lowest BCUT2D eigenvalue weighted by molar-refractivity contribution is -0.126. The van der Waals surface area contributed by atoms with Crippen LogP contribution in [0.25, 0.3) is 0 Å². The number of halogens is 2. The fourth-order valence-electron chi connectivity index (χ4n) is 3.65. The number of carbonyl (C=O) groups excluding carboxylic acids is 1. The third-order valence-electron chi connectivity index (χ3n) is 4.87. The normalized spacial score (nSPS) is 20.9. The van der Waals surface area contributed by atoms with Gasteiger partial charge in [-0.3, -0.25) is 9.69 Å². The van der Waals surface area contributed by atoms with Crippen LogP contribution in [-0.2, 0) is 10.3 Å². The number of carbonyl (C=O) groups is 1. The molecule has 1 amide bonds. The molecular weight excluding hydrogens is 334 g/mol. The Morgan fingerprint density at radius 1 is 1.23 bits per heavy atom. The summed E-state index contributed by atoms with van der Waals surface area (Å²) >= 11 is 0. The van der Waals surface area contributed by atoms with Crippen LogP contribution in [0.3, 0.4) is 0 Å². The molecule has 3 rings (SSSR count). The van der Waals surface area contributed by atoms with Crippen molar-refractivity contribution in [3.63, 3.8) is 0 Å². The molecule has 2 aromatic carbocycles. The van der Waals surface area contributed by atoms with Crippen LogP contribution < -0.4 is 5.32 Å². The fraction of sp³-hybridized carbons (Fsp3) is 0.286. The maximum absolute atomic E-state index is 14.8. The van der Waals surface area contributed by atoms with Crippen LogP contribution in [0.15, 0.2) is 60.7 Å². The van der Waals surface area contributed by atoms with Crippen LogP contribution in [0.2, 0.25) is 0 Å². The van der Waals surface area contributed by atoms with Gasteiger partial charge in [0.15, 0.2) is 0 Å². The Labute approximate surface area is 152 Å². The predicted octanol–water partition coefficient (Wildman–Crippen LogP) is 3.60. The number of rotatable bonds is 5. The standard InChI is InChI=1S/C21H22F2N2O/c1-3-24-20(26)15(2)25-13-7-12-21(25,16-8-5-4-6-9-16)18-14-17(22)10-11-19(18)23/h4-12,14-15H,3,13H2,1-2H3,(H,24,26)/t15?,21-/m0/s1. The molecule has 3 nitrogen and oxygen atoms in total. The quantitative estimate of drug-likeness (QED) is 0.830. The fourth-order valence-corrected chi connectivity index (χ4v) is 3.65. The highest BCUT2D eigenvalue weighted by Crippen LogP contribution is 2.43. The highest BCUT2D eigenvalue weighted by Gasteiger charge is 2.46. The third kappa shape index (κ3) is 3.03. The maximum Gasteiger partial charge on any atom is 0.237 e. The molecule has 1 heterocycles. The topological polar surface area (TPSA) is 32.3 Å². The number of nitrogens with one attached hydrogen (secondary N) is 1. The number of benzene rings is 2. The van der Waals surface area contributed by atoms with Gasteiger partial charge in [0.1, 0.15) is 11.6 Å². The van der Waals surface area contributed by atoms with E-state index in [0.717, 1.165) is 17.7 Å². The van der Waals surface area contributed by atoms with Gasteiger partial charge in [-0.25, -0.2) is 8.78 Å². The first-order chi connectivity index (χ1) is 12.5. The van der Waals surface area contributed by atoms with Crippen molar-refractivity contribution in [2.24, 2.45) is 0 Å². The van der Waals surface area contributed by atoms with E-state index in [1.807, 2.05) is 54.3 Å². The molecule has 26 heavy (non-hydrogen) atoms. The minimum Gasteiger partial charge on any atom is -0.355 e. The van der Waals surface area contributed by atoms with Gasteiger partial charge in [-0.2, -0.15) is 0 Å². The van der Waals surface area contributed by atoms with Crippen molar-refractivity contribution in [3.05, 3.63) is 83.4 Å². The van der Waals surface area contributed by atoms with Gasteiger partial charge in [-0.05, 0) is 37.6 Å². The summed E-state index contributed by atoms with van der Waals surface area (Å²) in [6.07, 6.45) is 3.75. The largest absolute Gasteiger partial charge is 0.355 e. The average Bonchev–Trinajstić information content (AvgIpc) is 3.09. The second kappa shape index (κ2) is 7.38. The Balaban J connectivity index is 2.20. The van der Waals surface area contributed by atoms with E-state index in [9.17, 15) is 13.6 Å². The van der Waals surface area contributed by atoms with Crippen molar-refractivity contribution in [2.45, 2.75) is 25.4 Å². The molecule has 0 saturated carbocycles. The predicted molar refractivity (Wildman–Crippen MR) is 97.6 cm³/mol. The molecule has 0 saturated heterocycles. The molecule has 2 atom stereocenters. The molecule has 0 aromatic heterocycles. The number of likely N-dealkylation sites (N-methyl/N-ethyl adjacent to an activating group) is 1. The van der Waals surface area contributed by atoms with Crippen LogP contribution in [-0.4, -0.2) is 29.9 Å². The van der Waals surface area contributed by atoms with Crippen molar-refractivity contribution in [1.82, 2.24) is 10.2 Å².